The molecule has 0 unspecified atom stereocenters. The quantitative estimate of drug-likeness (QED) is 0.622. The molecule has 6 heteroatoms. The van der Waals surface area contributed by atoms with E-state index in [1.54, 1.807) is 20.1 Å². The van der Waals surface area contributed by atoms with Crippen molar-refractivity contribution in [3.05, 3.63) is 33.7 Å². The molecule has 124 valence electrons. The van der Waals surface area contributed by atoms with Crippen molar-refractivity contribution in [2.24, 2.45) is 0 Å². The fourth-order valence-corrected chi connectivity index (χ4v) is 2.34. The standard InChI is InChI=1S/C17H20O6/c1-10(18)4-5-12-11(2)13-8-16(22-7-6-21-3)14(19)9-15(13)23-17(12)20/h8-9,19H,4-7H2,1-3H3. The van der Waals surface area contributed by atoms with Crippen LogP contribution in [0.3, 0.4) is 0 Å². The van der Waals surface area contributed by atoms with Crippen LogP contribution in [0.1, 0.15) is 24.5 Å². The van der Waals surface area contributed by atoms with Crippen molar-refractivity contribution in [3.63, 3.8) is 0 Å². The molecule has 0 aliphatic rings. The van der Waals surface area contributed by atoms with Gasteiger partial charge in [0, 0.05) is 30.5 Å². The molecule has 6 nitrogen and oxygen atoms in total. The summed E-state index contributed by atoms with van der Waals surface area (Å²) in [6.07, 6.45) is 0.618. The van der Waals surface area contributed by atoms with Crippen LogP contribution in [0.25, 0.3) is 11.0 Å². The number of aromatic hydroxyl groups is 1. The summed E-state index contributed by atoms with van der Waals surface area (Å²) < 4.78 is 15.6. The molecule has 0 atom stereocenters. The first-order valence-electron chi connectivity index (χ1n) is 7.34. The molecule has 2 rings (SSSR count). The maximum Gasteiger partial charge on any atom is 0.339 e. The third-order valence-electron chi connectivity index (χ3n) is 3.64. The van der Waals surface area contributed by atoms with E-state index in [1.807, 2.05) is 0 Å². The third-order valence-corrected chi connectivity index (χ3v) is 3.64. The van der Waals surface area contributed by atoms with Crippen molar-refractivity contribution >= 4 is 16.8 Å². The van der Waals surface area contributed by atoms with Gasteiger partial charge >= 0.3 is 5.63 Å². The van der Waals surface area contributed by atoms with Gasteiger partial charge in [-0.15, -0.1) is 0 Å². The van der Waals surface area contributed by atoms with Gasteiger partial charge in [-0.05, 0) is 31.9 Å². The molecular formula is C17H20O6. The van der Waals surface area contributed by atoms with Crippen LogP contribution in [-0.2, 0) is 16.0 Å². The Bertz CT molecular complexity index is 775. The van der Waals surface area contributed by atoms with Gasteiger partial charge < -0.3 is 23.8 Å². The number of ketones is 1. The number of rotatable bonds is 7. The van der Waals surface area contributed by atoms with Gasteiger partial charge in [-0.3, -0.25) is 0 Å². The molecule has 1 aromatic carbocycles. The van der Waals surface area contributed by atoms with Crippen LogP contribution < -0.4 is 10.4 Å². The summed E-state index contributed by atoms with van der Waals surface area (Å²) in [6, 6.07) is 3.00. The molecule has 0 aliphatic carbocycles. The van der Waals surface area contributed by atoms with E-state index in [-0.39, 0.29) is 23.5 Å². The first-order chi connectivity index (χ1) is 10.9. The highest BCUT2D eigenvalue weighted by Crippen LogP contribution is 2.33. The van der Waals surface area contributed by atoms with Crippen molar-refractivity contribution in [2.45, 2.75) is 26.7 Å². The number of ether oxygens (including phenoxy) is 2. The molecule has 0 radical (unpaired) electrons. The van der Waals surface area contributed by atoms with Crippen molar-refractivity contribution in [1.29, 1.82) is 0 Å². The second-order valence-corrected chi connectivity index (χ2v) is 5.35. The number of hydrogen-bond acceptors (Lipinski definition) is 6. The summed E-state index contributed by atoms with van der Waals surface area (Å²) >= 11 is 0. The normalized spacial score (nSPS) is 10.9. The summed E-state index contributed by atoms with van der Waals surface area (Å²) in [4.78, 5) is 23.2. The fourth-order valence-electron chi connectivity index (χ4n) is 2.34. The van der Waals surface area contributed by atoms with Crippen LogP contribution in [-0.4, -0.2) is 31.2 Å². The number of aryl methyl sites for hydroxylation is 1. The average Bonchev–Trinajstić information content (AvgIpc) is 2.48. The smallest absolute Gasteiger partial charge is 0.339 e. The Labute approximate surface area is 133 Å². The molecule has 0 bridgehead atoms. The lowest BCUT2D eigenvalue weighted by molar-refractivity contribution is -0.116. The third kappa shape index (κ3) is 3.90. The van der Waals surface area contributed by atoms with E-state index in [2.05, 4.69) is 0 Å². The first kappa shape index (κ1) is 17.0. The monoisotopic (exact) mass is 320 g/mol. The van der Waals surface area contributed by atoms with Gasteiger partial charge in [-0.2, -0.15) is 0 Å². The molecule has 1 aromatic heterocycles. The van der Waals surface area contributed by atoms with E-state index < -0.39 is 5.63 Å². The Kier molecular flexibility index (Phi) is 5.39. The summed E-state index contributed by atoms with van der Waals surface area (Å²) in [5.74, 6) is 0.204. The van der Waals surface area contributed by atoms with Gasteiger partial charge in [-0.1, -0.05) is 0 Å². The van der Waals surface area contributed by atoms with E-state index in [4.69, 9.17) is 13.9 Å². The van der Waals surface area contributed by atoms with E-state index in [0.29, 0.717) is 36.3 Å². The van der Waals surface area contributed by atoms with Gasteiger partial charge in [0.25, 0.3) is 0 Å². The van der Waals surface area contributed by atoms with Crippen LogP contribution in [0.15, 0.2) is 21.3 Å². The predicted octanol–water partition coefficient (Wildman–Crippen LogP) is 2.35. The Morgan fingerprint density at radius 1 is 1.30 bits per heavy atom. The van der Waals surface area contributed by atoms with Gasteiger partial charge in [0.2, 0.25) is 0 Å². The van der Waals surface area contributed by atoms with Crippen LogP contribution >= 0.6 is 0 Å². The minimum Gasteiger partial charge on any atom is -0.504 e. The number of methoxy groups -OCH3 is 1. The Morgan fingerprint density at radius 2 is 2.04 bits per heavy atom. The van der Waals surface area contributed by atoms with E-state index in [9.17, 15) is 14.7 Å². The molecular weight excluding hydrogens is 300 g/mol. The van der Waals surface area contributed by atoms with Crippen molar-refractivity contribution in [3.8, 4) is 11.5 Å². The minimum absolute atomic E-state index is 0.0122. The number of Topliss-reactive ketones (excluding diaryl/α,β-unsaturated/α-hetero) is 1. The zero-order valence-corrected chi connectivity index (χ0v) is 13.5. The number of phenols is 1. The zero-order valence-electron chi connectivity index (χ0n) is 13.5. The Hall–Kier alpha value is -2.34. The summed E-state index contributed by atoms with van der Waals surface area (Å²) in [5.41, 5.74) is 1.01. The van der Waals surface area contributed by atoms with Crippen LogP contribution in [0.2, 0.25) is 0 Å². The molecule has 2 aromatic rings. The zero-order chi connectivity index (χ0) is 17.0. The molecule has 1 heterocycles. The molecule has 0 saturated carbocycles. The lowest BCUT2D eigenvalue weighted by atomic mass is 10.0. The summed E-state index contributed by atoms with van der Waals surface area (Å²) in [5, 5.41) is 10.6. The van der Waals surface area contributed by atoms with Crippen LogP contribution in [0.5, 0.6) is 11.5 Å². The number of carbonyl (C=O) groups excluding carboxylic acids is 1. The summed E-state index contributed by atoms with van der Waals surface area (Å²) in [6.45, 7) is 3.97. The maximum absolute atomic E-state index is 12.1. The van der Waals surface area contributed by atoms with E-state index in [1.165, 1.54) is 13.0 Å². The molecule has 0 amide bonds. The number of phenolic OH excluding ortho intramolecular Hbond substituents is 1. The molecule has 0 spiro atoms. The van der Waals surface area contributed by atoms with Gasteiger partial charge in [0.05, 0.1) is 6.61 Å². The van der Waals surface area contributed by atoms with Gasteiger partial charge in [-0.25, -0.2) is 4.79 Å². The average molecular weight is 320 g/mol. The second-order valence-electron chi connectivity index (χ2n) is 5.35. The topological polar surface area (TPSA) is 86.0 Å². The van der Waals surface area contributed by atoms with Gasteiger partial charge in [0.1, 0.15) is 18.0 Å². The molecule has 0 saturated heterocycles. The Morgan fingerprint density at radius 3 is 2.70 bits per heavy atom. The highest BCUT2D eigenvalue weighted by molar-refractivity contribution is 5.85. The maximum atomic E-state index is 12.1. The molecule has 1 N–H and O–H groups in total. The number of hydrogen-bond donors (Lipinski definition) is 1. The number of carbonyl (C=O) groups is 1. The highest BCUT2D eigenvalue weighted by Gasteiger charge is 2.15. The predicted molar refractivity (Wildman–Crippen MR) is 85.3 cm³/mol. The number of fused-ring (bicyclic) bond motifs is 1. The van der Waals surface area contributed by atoms with Crippen molar-refractivity contribution in [1.82, 2.24) is 0 Å². The van der Waals surface area contributed by atoms with E-state index >= 15 is 0 Å². The van der Waals surface area contributed by atoms with Crippen molar-refractivity contribution in [2.75, 3.05) is 20.3 Å². The lowest BCUT2D eigenvalue weighted by Crippen LogP contribution is -2.12. The van der Waals surface area contributed by atoms with E-state index in [0.717, 1.165) is 5.56 Å². The van der Waals surface area contributed by atoms with Gasteiger partial charge in [0.15, 0.2) is 11.5 Å². The summed E-state index contributed by atoms with van der Waals surface area (Å²) in [7, 11) is 1.56. The minimum atomic E-state index is -0.483. The van der Waals surface area contributed by atoms with Crippen molar-refractivity contribution < 1.29 is 23.8 Å². The molecule has 0 fully saturated rings. The fraction of sp³-hybridized carbons (Fsp3) is 0.412. The van der Waals surface area contributed by atoms with Crippen LogP contribution in [0, 0.1) is 6.92 Å². The second kappa shape index (κ2) is 7.28. The first-order valence-corrected chi connectivity index (χ1v) is 7.34. The molecule has 23 heavy (non-hydrogen) atoms. The largest absolute Gasteiger partial charge is 0.504 e. The molecule has 0 aliphatic heterocycles. The Balaban J connectivity index is 2.46. The van der Waals surface area contributed by atoms with Crippen LogP contribution in [0.4, 0.5) is 0 Å². The SMILES string of the molecule is COCCOc1cc2c(C)c(CCC(C)=O)c(=O)oc2cc1O. The lowest BCUT2D eigenvalue weighted by Gasteiger charge is -2.11. The number of benzene rings is 1. The highest BCUT2D eigenvalue weighted by atomic mass is 16.5.